The van der Waals surface area contributed by atoms with Crippen LogP contribution in [0.15, 0.2) is 24.3 Å². The predicted molar refractivity (Wildman–Crippen MR) is 122 cm³/mol. The van der Waals surface area contributed by atoms with Crippen LogP contribution in [0.4, 0.5) is 0 Å². The second-order valence-corrected chi connectivity index (χ2v) is 9.66. The van der Waals surface area contributed by atoms with E-state index in [1.165, 1.54) is 38.5 Å². The molecular weight excluding hydrogens is 372 g/mol. The molecule has 0 aliphatic heterocycles. The zero-order valence-electron chi connectivity index (χ0n) is 18.2. The Kier molecular flexibility index (Phi) is 5.86. The molecule has 2 aromatic carbocycles. The SMILES string of the molecule is CC1CCCCC1c1cc2cc(C(N)=O)ccc2c(C2CCCCC2C)c1C(N)=O. The smallest absolute Gasteiger partial charge is 0.249 e. The van der Waals surface area contributed by atoms with Crippen molar-refractivity contribution >= 4 is 22.6 Å². The van der Waals surface area contributed by atoms with E-state index >= 15 is 0 Å². The quantitative estimate of drug-likeness (QED) is 0.690. The molecule has 2 saturated carbocycles. The van der Waals surface area contributed by atoms with Gasteiger partial charge in [0.15, 0.2) is 0 Å². The maximum absolute atomic E-state index is 12.9. The summed E-state index contributed by atoms with van der Waals surface area (Å²) in [5.74, 6) is 0.954. The van der Waals surface area contributed by atoms with Crippen molar-refractivity contribution in [2.24, 2.45) is 23.3 Å². The molecule has 0 bridgehead atoms. The first-order valence-electron chi connectivity index (χ1n) is 11.6. The Morgan fingerprint density at radius 2 is 1.40 bits per heavy atom. The summed E-state index contributed by atoms with van der Waals surface area (Å²) in [6.45, 7) is 4.59. The number of amides is 2. The fourth-order valence-electron chi connectivity index (χ4n) is 6.09. The lowest BCUT2D eigenvalue weighted by Crippen LogP contribution is -2.26. The largest absolute Gasteiger partial charge is 0.366 e. The van der Waals surface area contributed by atoms with E-state index in [-0.39, 0.29) is 5.91 Å². The van der Waals surface area contributed by atoms with E-state index in [2.05, 4.69) is 19.9 Å². The van der Waals surface area contributed by atoms with Gasteiger partial charge in [0.05, 0.1) is 0 Å². The van der Waals surface area contributed by atoms with Gasteiger partial charge in [-0.3, -0.25) is 9.59 Å². The number of carbonyl (C=O) groups excluding carboxylic acids is 2. The number of nitrogens with two attached hydrogens (primary N) is 2. The third-order valence-corrected chi connectivity index (χ3v) is 7.73. The van der Waals surface area contributed by atoms with Gasteiger partial charge >= 0.3 is 0 Å². The summed E-state index contributed by atoms with van der Waals surface area (Å²) in [6.07, 6.45) is 9.37. The van der Waals surface area contributed by atoms with Crippen molar-refractivity contribution in [1.82, 2.24) is 0 Å². The van der Waals surface area contributed by atoms with Crippen LogP contribution in [0.3, 0.4) is 0 Å². The fraction of sp³-hybridized carbons (Fsp3) is 0.538. The average molecular weight is 407 g/mol. The molecule has 0 radical (unpaired) electrons. The lowest BCUT2D eigenvalue weighted by atomic mass is 9.69. The van der Waals surface area contributed by atoms with E-state index in [9.17, 15) is 9.59 Å². The molecule has 2 amide bonds. The summed E-state index contributed by atoms with van der Waals surface area (Å²) in [6, 6.07) is 7.80. The van der Waals surface area contributed by atoms with Crippen LogP contribution in [0.25, 0.3) is 10.8 Å². The summed E-state index contributed by atoms with van der Waals surface area (Å²) in [5, 5.41) is 2.07. The Hall–Kier alpha value is -2.36. The Balaban J connectivity index is 2.02. The van der Waals surface area contributed by atoms with Gasteiger partial charge in [0.2, 0.25) is 11.8 Å². The summed E-state index contributed by atoms with van der Waals surface area (Å²) in [7, 11) is 0. The highest BCUT2D eigenvalue weighted by molar-refractivity contribution is 6.05. The lowest BCUT2D eigenvalue weighted by Gasteiger charge is -2.35. The van der Waals surface area contributed by atoms with Crippen molar-refractivity contribution in [1.29, 1.82) is 0 Å². The van der Waals surface area contributed by atoms with Crippen LogP contribution >= 0.6 is 0 Å². The van der Waals surface area contributed by atoms with Crippen molar-refractivity contribution in [2.45, 2.75) is 77.0 Å². The summed E-state index contributed by atoms with van der Waals surface area (Å²) >= 11 is 0. The summed E-state index contributed by atoms with van der Waals surface area (Å²) in [5.41, 5.74) is 15.1. The van der Waals surface area contributed by atoms with Crippen molar-refractivity contribution in [3.8, 4) is 0 Å². The first-order valence-corrected chi connectivity index (χ1v) is 11.6. The second kappa shape index (κ2) is 8.41. The normalized spacial score (nSPS) is 27.1. The molecule has 4 nitrogen and oxygen atoms in total. The number of fused-ring (bicyclic) bond motifs is 1. The highest BCUT2D eigenvalue weighted by Gasteiger charge is 2.33. The standard InChI is InChI=1S/C26H34N2O2/c1-15-7-3-5-9-19(15)22-14-18-13-17(25(27)29)11-12-21(18)23(24(22)26(28)30)20-10-6-4-8-16(20)2/h11-16,19-20H,3-10H2,1-2H3,(H2,27,29)(H2,28,30). The zero-order valence-corrected chi connectivity index (χ0v) is 18.2. The molecular formula is C26H34N2O2. The number of benzene rings is 2. The third-order valence-electron chi connectivity index (χ3n) is 7.73. The maximum Gasteiger partial charge on any atom is 0.249 e. The van der Waals surface area contributed by atoms with Gasteiger partial charge in [-0.15, -0.1) is 0 Å². The van der Waals surface area contributed by atoms with Gasteiger partial charge in [0, 0.05) is 11.1 Å². The number of primary amides is 2. The minimum absolute atomic E-state index is 0.309. The Labute approximate surface area is 179 Å². The Morgan fingerprint density at radius 1 is 0.800 bits per heavy atom. The van der Waals surface area contributed by atoms with Crippen LogP contribution in [0.2, 0.25) is 0 Å². The molecule has 0 spiro atoms. The molecule has 4 rings (SSSR count). The average Bonchev–Trinajstić information content (AvgIpc) is 2.72. The molecule has 160 valence electrons. The van der Waals surface area contributed by atoms with Crippen molar-refractivity contribution in [2.75, 3.05) is 0 Å². The fourth-order valence-corrected chi connectivity index (χ4v) is 6.09. The number of carbonyl (C=O) groups is 2. The van der Waals surface area contributed by atoms with Gasteiger partial charge in [0.1, 0.15) is 0 Å². The van der Waals surface area contributed by atoms with E-state index < -0.39 is 5.91 Å². The highest BCUT2D eigenvalue weighted by Crippen LogP contribution is 2.47. The van der Waals surface area contributed by atoms with Gasteiger partial charge in [-0.05, 0) is 70.5 Å². The molecule has 0 aromatic heterocycles. The van der Waals surface area contributed by atoms with E-state index in [4.69, 9.17) is 11.5 Å². The molecule has 2 aliphatic rings. The first-order chi connectivity index (χ1) is 14.4. The molecule has 2 fully saturated rings. The number of hydrogen-bond donors (Lipinski definition) is 2. The van der Waals surface area contributed by atoms with Crippen LogP contribution < -0.4 is 11.5 Å². The van der Waals surface area contributed by atoms with Crippen LogP contribution in [-0.2, 0) is 0 Å². The second-order valence-electron chi connectivity index (χ2n) is 9.66. The Bertz CT molecular complexity index is 981. The minimum Gasteiger partial charge on any atom is -0.366 e. The monoisotopic (exact) mass is 406 g/mol. The molecule has 30 heavy (non-hydrogen) atoms. The maximum atomic E-state index is 12.9. The van der Waals surface area contributed by atoms with Crippen molar-refractivity contribution < 1.29 is 9.59 Å². The lowest BCUT2D eigenvalue weighted by molar-refractivity contribution is 0.0989. The third kappa shape index (κ3) is 3.73. The van der Waals surface area contributed by atoms with Crippen LogP contribution in [0, 0.1) is 11.8 Å². The molecule has 2 aromatic rings. The molecule has 4 atom stereocenters. The van der Waals surface area contributed by atoms with Gasteiger partial charge in [-0.2, -0.15) is 0 Å². The minimum atomic E-state index is -0.420. The summed E-state index contributed by atoms with van der Waals surface area (Å²) < 4.78 is 0. The molecule has 4 N–H and O–H groups in total. The van der Waals surface area contributed by atoms with E-state index in [0.717, 1.165) is 40.3 Å². The first kappa shape index (κ1) is 20.9. The topological polar surface area (TPSA) is 86.2 Å². The molecule has 4 unspecified atom stereocenters. The van der Waals surface area contributed by atoms with E-state index in [0.29, 0.717) is 29.2 Å². The molecule has 2 aliphatic carbocycles. The van der Waals surface area contributed by atoms with Gasteiger partial charge in [-0.1, -0.05) is 64.5 Å². The van der Waals surface area contributed by atoms with Crippen molar-refractivity contribution in [3.05, 3.63) is 46.5 Å². The van der Waals surface area contributed by atoms with Gasteiger partial charge < -0.3 is 11.5 Å². The van der Waals surface area contributed by atoms with Crippen LogP contribution in [-0.4, -0.2) is 11.8 Å². The predicted octanol–water partition coefficient (Wildman–Crippen LogP) is 5.63. The molecule has 0 saturated heterocycles. The molecule has 4 heteroatoms. The van der Waals surface area contributed by atoms with E-state index in [1.54, 1.807) is 6.07 Å². The zero-order chi connectivity index (χ0) is 21.4. The number of rotatable bonds is 4. The Morgan fingerprint density at radius 3 is 1.97 bits per heavy atom. The van der Waals surface area contributed by atoms with Gasteiger partial charge in [-0.25, -0.2) is 0 Å². The molecule has 0 heterocycles. The van der Waals surface area contributed by atoms with Crippen molar-refractivity contribution in [3.63, 3.8) is 0 Å². The van der Waals surface area contributed by atoms with Crippen LogP contribution in [0.1, 0.15) is 109 Å². The van der Waals surface area contributed by atoms with Gasteiger partial charge in [0.25, 0.3) is 0 Å². The number of hydrogen-bond acceptors (Lipinski definition) is 2. The highest BCUT2D eigenvalue weighted by atomic mass is 16.1. The van der Waals surface area contributed by atoms with E-state index in [1.807, 2.05) is 12.1 Å². The summed E-state index contributed by atoms with van der Waals surface area (Å²) in [4.78, 5) is 24.8. The van der Waals surface area contributed by atoms with Crippen LogP contribution in [0.5, 0.6) is 0 Å².